The second-order valence-electron chi connectivity index (χ2n) is 25.6. The quantitative estimate of drug-likeness (QED) is 0.0261. The van der Waals surface area contributed by atoms with E-state index in [4.69, 9.17) is 14.2 Å². The van der Waals surface area contributed by atoms with Gasteiger partial charge in [0.05, 0.1) is 0 Å². The van der Waals surface area contributed by atoms with Crippen LogP contribution in [0.15, 0.2) is 24.3 Å². The fraction of sp³-hybridized carbons (Fsp3) is 0.908. The first-order valence-corrected chi connectivity index (χ1v) is 37.3. The summed E-state index contributed by atoms with van der Waals surface area (Å²) in [6.07, 6.45) is 87.8. The van der Waals surface area contributed by atoms with Crippen molar-refractivity contribution in [1.29, 1.82) is 0 Å². The summed E-state index contributed by atoms with van der Waals surface area (Å²) in [5, 5.41) is 0. The lowest BCUT2D eigenvalue weighted by atomic mass is 10.0. The highest BCUT2D eigenvalue weighted by atomic mass is 16.6. The first kappa shape index (κ1) is 79.9. The average molecular weight is 1150 g/mol. The number of allylic oxidation sites excluding steroid dienone is 4. The molecule has 0 bridgehead atoms. The minimum Gasteiger partial charge on any atom is -0.462 e. The maximum absolute atomic E-state index is 13.0. The zero-order chi connectivity index (χ0) is 59.2. The molecular formula is C76H144O6. The van der Waals surface area contributed by atoms with Gasteiger partial charge in [0.2, 0.25) is 0 Å². The van der Waals surface area contributed by atoms with E-state index in [9.17, 15) is 14.4 Å². The fourth-order valence-corrected chi connectivity index (χ4v) is 11.6. The van der Waals surface area contributed by atoms with Crippen LogP contribution in [0.25, 0.3) is 0 Å². The van der Waals surface area contributed by atoms with Crippen LogP contribution in [0.3, 0.4) is 0 Å². The van der Waals surface area contributed by atoms with Gasteiger partial charge in [-0.15, -0.1) is 0 Å². The summed E-state index contributed by atoms with van der Waals surface area (Å²) in [5.41, 5.74) is 0. The van der Waals surface area contributed by atoms with Crippen LogP contribution in [0, 0.1) is 0 Å². The van der Waals surface area contributed by atoms with Crippen molar-refractivity contribution in [3.05, 3.63) is 24.3 Å². The Bertz CT molecular complexity index is 1320. The van der Waals surface area contributed by atoms with Crippen molar-refractivity contribution >= 4 is 17.9 Å². The molecule has 6 heteroatoms. The molecule has 1 atom stereocenters. The first-order valence-electron chi connectivity index (χ1n) is 37.3. The number of carbonyl (C=O) groups excluding carboxylic acids is 3. The molecule has 0 aliphatic carbocycles. The number of hydrogen-bond donors (Lipinski definition) is 0. The number of hydrogen-bond acceptors (Lipinski definition) is 6. The summed E-state index contributed by atoms with van der Waals surface area (Å²) >= 11 is 0. The smallest absolute Gasteiger partial charge is 0.306 e. The van der Waals surface area contributed by atoms with Crippen molar-refractivity contribution in [2.45, 2.75) is 431 Å². The Morgan fingerprint density at radius 3 is 0.671 bits per heavy atom. The number of rotatable bonds is 70. The molecule has 0 rings (SSSR count). The maximum atomic E-state index is 13.0. The van der Waals surface area contributed by atoms with Gasteiger partial charge < -0.3 is 14.2 Å². The Morgan fingerprint density at radius 1 is 0.244 bits per heavy atom. The van der Waals surface area contributed by atoms with Crippen molar-refractivity contribution in [2.75, 3.05) is 13.2 Å². The maximum Gasteiger partial charge on any atom is 0.306 e. The van der Waals surface area contributed by atoms with E-state index in [0.29, 0.717) is 19.3 Å². The first-order chi connectivity index (χ1) is 40.5. The van der Waals surface area contributed by atoms with Gasteiger partial charge in [0.15, 0.2) is 6.10 Å². The van der Waals surface area contributed by atoms with Gasteiger partial charge in [0, 0.05) is 19.3 Å². The minimum absolute atomic E-state index is 0.0644. The lowest BCUT2D eigenvalue weighted by Crippen LogP contribution is -2.30. The lowest BCUT2D eigenvalue weighted by molar-refractivity contribution is -0.167. The molecule has 0 aromatic carbocycles. The highest BCUT2D eigenvalue weighted by Gasteiger charge is 2.20. The molecule has 0 aliphatic heterocycles. The van der Waals surface area contributed by atoms with Crippen LogP contribution in [0.1, 0.15) is 425 Å². The van der Waals surface area contributed by atoms with E-state index in [1.54, 1.807) is 0 Å². The van der Waals surface area contributed by atoms with E-state index in [2.05, 4.69) is 45.1 Å². The van der Waals surface area contributed by atoms with Crippen LogP contribution >= 0.6 is 0 Å². The zero-order valence-electron chi connectivity index (χ0n) is 55.8. The van der Waals surface area contributed by atoms with Crippen LogP contribution in [0.4, 0.5) is 0 Å². The molecule has 0 spiro atoms. The Labute approximate surface area is 513 Å². The molecule has 1 unspecified atom stereocenters. The highest BCUT2D eigenvalue weighted by Crippen LogP contribution is 2.19. The van der Waals surface area contributed by atoms with Crippen molar-refractivity contribution in [3.8, 4) is 0 Å². The third-order valence-corrected chi connectivity index (χ3v) is 17.2. The third kappa shape index (κ3) is 68.7. The molecule has 0 N–H and O–H groups in total. The van der Waals surface area contributed by atoms with Gasteiger partial charge in [0.25, 0.3) is 0 Å². The van der Waals surface area contributed by atoms with Gasteiger partial charge in [-0.3, -0.25) is 14.4 Å². The van der Waals surface area contributed by atoms with Gasteiger partial charge in [-0.1, -0.05) is 379 Å². The van der Waals surface area contributed by atoms with E-state index in [1.165, 1.54) is 321 Å². The van der Waals surface area contributed by atoms with Crippen molar-refractivity contribution in [3.63, 3.8) is 0 Å². The van der Waals surface area contributed by atoms with Crippen LogP contribution < -0.4 is 0 Å². The van der Waals surface area contributed by atoms with E-state index < -0.39 is 6.10 Å². The number of carbonyl (C=O) groups is 3. The number of ether oxygens (including phenoxy) is 3. The van der Waals surface area contributed by atoms with Gasteiger partial charge in [-0.25, -0.2) is 0 Å². The van der Waals surface area contributed by atoms with Crippen LogP contribution in [0.2, 0.25) is 0 Å². The molecule has 6 nitrogen and oxygen atoms in total. The normalized spacial score (nSPS) is 12.1. The van der Waals surface area contributed by atoms with Crippen molar-refractivity contribution < 1.29 is 28.6 Å². The van der Waals surface area contributed by atoms with Gasteiger partial charge >= 0.3 is 17.9 Å². The van der Waals surface area contributed by atoms with Crippen LogP contribution in [-0.4, -0.2) is 37.2 Å². The number of esters is 3. The topological polar surface area (TPSA) is 78.9 Å². The molecule has 0 aliphatic rings. The van der Waals surface area contributed by atoms with Crippen molar-refractivity contribution in [1.82, 2.24) is 0 Å². The largest absolute Gasteiger partial charge is 0.462 e. The SMILES string of the molecule is CCCCCCC/C=C\C/C=C\CCCCCCCCCCCCCC(=O)OCC(COC(=O)CCCCCCCCCCCCCCCCCCCC)OC(=O)CCCCCCCCCCCCCCCCCCCCCCCCC. The minimum atomic E-state index is -0.769. The van der Waals surface area contributed by atoms with Gasteiger partial charge in [0.1, 0.15) is 13.2 Å². The summed E-state index contributed by atoms with van der Waals surface area (Å²) in [7, 11) is 0. The van der Waals surface area contributed by atoms with E-state index in [1.807, 2.05) is 0 Å². The molecule has 0 aromatic heterocycles. The van der Waals surface area contributed by atoms with E-state index >= 15 is 0 Å². The molecule has 0 fully saturated rings. The zero-order valence-corrected chi connectivity index (χ0v) is 55.8. The predicted molar refractivity (Wildman–Crippen MR) is 358 cm³/mol. The molecule has 484 valence electrons. The lowest BCUT2D eigenvalue weighted by Gasteiger charge is -2.18. The monoisotopic (exact) mass is 1150 g/mol. The predicted octanol–water partition coefficient (Wildman–Crippen LogP) is 25.7. The van der Waals surface area contributed by atoms with Crippen molar-refractivity contribution in [2.24, 2.45) is 0 Å². The Kier molecular flexibility index (Phi) is 69.5. The molecule has 0 amide bonds. The molecule has 0 heterocycles. The Hall–Kier alpha value is -2.11. The van der Waals surface area contributed by atoms with E-state index in [0.717, 1.165) is 64.2 Å². The summed E-state index contributed by atoms with van der Waals surface area (Å²) in [4.78, 5) is 38.6. The summed E-state index contributed by atoms with van der Waals surface area (Å²) < 4.78 is 17.1. The molecule has 0 saturated carbocycles. The summed E-state index contributed by atoms with van der Waals surface area (Å²) in [6, 6.07) is 0. The molecular weight excluding hydrogens is 1010 g/mol. The summed E-state index contributed by atoms with van der Waals surface area (Å²) in [5.74, 6) is -0.828. The second-order valence-corrected chi connectivity index (χ2v) is 25.6. The molecule has 0 aromatic rings. The number of unbranched alkanes of at least 4 members (excludes halogenated alkanes) is 55. The Balaban J connectivity index is 4.28. The van der Waals surface area contributed by atoms with E-state index in [-0.39, 0.29) is 31.1 Å². The second kappa shape index (κ2) is 71.4. The van der Waals surface area contributed by atoms with Crippen LogP contribution in [0.5, 0.6) is 0 Å². The Morgan fingerprint density at radius 2 is 0.439 bits per heavy atom. The third-order valence-electron chi connectivity index (χ3n) is 17.2. The van der Waals surface area contributed by atoms with Gasteiger partial charge in [-0.2, -0.15) is 0 Å². The van der Waals surface area contributed by atoms with Gasteiger partial charge in [-0.05, 0) is 51.4 Å². The standard InChI is InChI=1S/C76H144O6/c1-4-7-10-13-16-19-22-25-28-31-34-36-38-40-42-45-48-51-54-57-60-63-66-69-75(78)81-72-73(71-80-74(77)68-65-62-59-56-53-50-47-44-33-30-27-24-21-18-15-12-9-6-3)82-76(79)70-67-64-61-58-55-52-49-46-43-41-39-37-35-32-29-26-23-20-17-14-11-8-5-2/h22,25,31,34,73H,4-21,23-24,26-30,32-33,35-72H2,1-3H3/b25-22-,34-31-. The molecule has 0 radical (unpaired) electrons. The average Bonchev–Trinajstić information content (AvgIpc) is 3.47. The van der Waals surface area contributed by atoms with Crippen LogP contribution in [-0.2, 0) is 28.6 Å². The summed E-state index contributed by atoms with van der Waals surface area (Å²) in [6.45, 7) is 6.73. The molecule has 0 saturated heterocycles. The molecule has 82 heavy (non-hydrogen) atoms. The fourth-order valence-electron chi connectivity index (χ4n) is 11.6. The highest BCUT2D eigenvalue weighted by molar-refractivity contribution is 5.71.